The van der Waals surface area contributed by atoms with Gasteiger partial charge in [0.2, 0.25) is 6.33 Å². The lowest BCUT2D eigenvalue weighted by Gasteiger charge is -1.90. The smallest absolute Gasteiger partial charge is 0.240 e. The van der Waals surface area contributed by atoms with E-state index in [0.29, 0.717) is 0 Å². The van der Waals surface area contributed by atoms with Crippen LogP contribution in [0.2, 0.25) is 0 Å². The maximum absolute atomic E-state index is 9.67. The molecule has 0 unspecified atom stereocenters. The molecular weight excluding hydrogens is 340 g/mol. The first kappa shape index (κ1) is 25.6. The van der Waals surface area contributed by atoms with Gasteiger partial charge in [-0.25, -0.2) is 22.7 Å². The molecule has 12 heteroatoms. The predicted octanol–water partition coefficient (Wildman–Crippen LogP) is 1.94. The summed E-state index contributed by atoms with van der Waals surface area (Å²) < 4.78 is 79.9. The maximum Gasteiger partial charge on any atom is 0.379 e. The van der Waals surface area contributed by atoms with Crippen molar-refractivity contribution in [1.29, 1.82) is 0 Å². The number of hydrogen-bond donors (Lipinski definition) is 2. The maximum atomic E-state index is 9.67. The fourth-order valence-corrected chi connectivity index (χ4v) is 0.975. The second-order valence-electron chi connectivity index (χ2n) is 3.45. The molecule has 22 heavy (non-hydrogen) atoms. The van der Waals surface area contributed by atoms with Crippen molar-refractivity contribution in [2.24, 2.45) is 12.2 Å². The number of imidazole rings is 1. The van der Waals surface area contributed by atoms with Crippen LogP contribution in [0.1, 0.15) is 19.8 Å². The van der Waals surface area contributed by atoms with Crippen molar-refractivity contribution in [1.82, 2.24) is 4.57 Å². The van der Waals surface area contributed by atoms with E-state index in [4.69, 9.17) is 8.42 Å². The highest BCUT2D eigenvalue weighted by Crippen LogP contribution is 1.88. The average Bonchev–Trinajstić information content (AvgIpc) is 2.70. The molecule has 0 saturated heterocycles. The summed E-state index contributed by atoms with van der Waals surface area (Å²) >= 11 is 0. The minimum atomic E-state index is -3.67. The first-order chi connectivity index (χ1) is 10.0. The molecule has 0 aliphatic carbocycles. The van der Waals surface area contributed by atoms with E-state index in [-0.39, 0.29) is 0 Å². The zero-order chi connectivity index (χ0) is 18.1. The van der Waals surface area contributed by atoms with E-state index in [1.54, 1.807) is 0 Å². The topological polar surface area (TPSA) is 69.0 Å². The molecular formula is C10H20F6N3O2S+. The SMILES string of the molecule is CCCC[n+]1ccn(C)c1.FC(F)F.FC(F)F.N[SH](=O)=O. The molecule has 1 aromatic rings. The van der Waals surface area contributed by atoms with Crippen molar-refractivity contribution in [3.8, 4) is 0 Å². The van der Waals surface area contributed by atoms with Gasteiger partial charge in [-0.2, -0.15) is 26.3 Å². The summed E-state index contributed by atoms with van der Waals surface area (Å²) in [6.07, 6.45) is 8.82. The van der Waals surface area contributed by atoms with Crippen LogP contribution in [0.4, 0.5) is 26.3 Å². The van der Waals surface area contributed by atoms with Gasteiger partial charge in [0.1, 0.15) is 12.4 Å². The Morgan fingerprint density at radius 2 is 1.50 bits per heavy atom. The van der Waals surface area contributed by atoms with Gasteiger partial charge in [0.15, 0.2) is 10.9 Å². The highest BCUT2D eigenvalue weighted by Gasteiger charge is 1.96. The third-order valence-corrected chi connectivity index (χ3v) is 1.59. The van der Waals surface area contributed by atoms with Gasteiger partial charge >= 0.3 is 13.4 Å². The van der Waals surface area contributed by atoms with Crippen molar-refractivity contribution in [2.75, 3.05) is 0 Å². The minimum Gasteiger partial charge on any atom is -0.240 e. The molecule has 0 aliphatic heterocycles. The number of halogens is 6. The van der Waals surface area contributed by atoms with Crippen LogP contribution in [-0.4, -0.2) is 26.3 Å². The number of aryl methyl sites for hydroxylation is 2. The largest absolute Gasteiger partial charge is 0.379 e. The van der Waals surface area contributed by atoms with Crippen LogP contribution in [-0.2, 0) is 24.5 Å². The van der Waals surface area contributed by atoms with E-state index in [9.17, 15) is 26.3 Å². The zero-order valence-electron chi connectivity index (χ0n) is 12.0. The molecule has 5 nitrogen and oxygen atoms in total. The van der Waals surface area contributed by atoms with Crippen molar-refractivity contribution in [3.63, 3.8) is 0 Å². The van der Waals surface area contributed by atoms with Gasteiger partial charge in [0, 0.05) is 0 Å². The number of nitrogens with two attached hydrogens (primary N) is 1. The van der Waals surface area contributed by atoms with Crippen LogP contribution in [0, 0.1) is 0 Å². The Hall–Kier alpha value is -1.30. The molecule has 1 rings (SSSR count). The Kier molecular flexibility index (Phi) is 20.7. The fraction of sp³-hybridized carbons (Fsp3) is 0.700. The molecule has 0 bridgehead atoms. The molecule has 0 atom stereocenters. The van der Waals surface area contributed by atoms with Crippen LogP contribution >= 0.6 is 0 Å². The summed E-state index contributed by atoms with van der Waals surface area (Å²) in [5, 5.41) is 4.06. The summed E-state index contributed by atoms with van der Waals surface area (Å²) in [4.78, 5) is 0. The van der Waals surface area contributed by atoms with Crippen molar-refractivity contribution in [3.05, 3.63) is 18.7 Å². The molecule has 0 aliphatic rings. The molecule has 134 valence electrons. The minimum absolute atomic E-state index is 1.15. The molecule has 2 N–H and O–H groups in total. The van der Waals surface area contributed by atoms with Crippen molar-refractivity contribution >= 4 is 10.9 Å². The molecule has 0 radical (unpaired) electrons. The van der Waals surface area contributed by atoms with E-state index in [1.807, 2.05) is 7.05 Å². The Balaban J connectivity index is -0.000000253. The van der Waals surface area contributed by atoms with Crippen molar-refractivity contribution < 1.29 is 39.3 Å². The van der Waals surface area contributed by atoms with Gasteiger partial charge in [-0.3, -0.25) is 0 Å². The van der Waals surface area contributed by atoms with E-state index < -0.39 is 24.2 Å². The average molecular weight is 360 g/mol. The lowest BCUT2D eigenvalue weighted by atomic mass is 10.3. The van der Waals surface area contributed by atoms with Crippen LogP contribution in [0.15, 0.2) is 18.7 Å². The number of alkyl halides is 6. The van der Waals surface area contributed by atoms with E-state index in [0.717, 1.165) is 6.54 Å². The molecule has 0 amide bonds. The Labute approximate surface area is 126 Å². The standard InChI is InChI=1S/C8H15N2.2CHF3.H3NO2S/c1-3-4-5-10-7-6-9(2)8-10;2*2-1(3)4;1-4(2)3/h6-8H,3-5H2,1-2H3;2*1H;4H,(H2,1,2,3)/q+1;;;. The van der Waals surface area contributed by atoms with E-state index in [2.05, 4.69) is 39.9 Å². The van der Waals surface area contributed by atoms with Gasteiger partial charge in [0.25, 0.3) is 0 Å². The summed E-state index contributed by atoms with van der Waals surface area (Å²) in [5.41, 5.74) is 0. The second kappa shape index (κ2) is 17.8. The monoisotopic (exact) mass is 360 g/mol. The number of hydrogen-bond acceptors (Lipinski definition) is 2. The first-order valence-corrected chi connectivity index (χ1v) is 7.02. The third kappa shape index (κ3) is 42.8. The normalized spacial score (nSPS) is 9.45. The lowest BCUT2D eigenvalue weighted by Crippen LogP contribution is -2.30. The van der Waals surface area contributed by atoms with Gasteiger partial charge in [-0.1, -0.05) is 13.3 Å². The van der Waals surface area contributed by atoms with Crippen LogP contribution in [0.5, 0.6) is 0 Å². The fourth-order valence-electron chi connectivity index (χ4n) is 0.975. The summed E-state index contributed by atoms with van der Waals surface area (Å²) in [6.45, 7) is -3.97. The number of rotatable bonds is 3. The summed E-state index contributed by atoms with van der Waals surface area (Å²) in [7, 11) is -0.576. The number of unbranched alkanes of at least 4 members (excludes halogenated alkanes) is 1. The molecule has 0 saturated carbocycles. The Bertz CT molecular complexity index is 396. The molecule has 1 aromatic heterocycles. The van der Waals surface area contributed by atoms with Crippen LogP contribution in [0.25, 0.3) is 0 Å². The van der Waals surface area contributed by atoms with Gasteiger partial charge in [-0.05, 0) is 6.42 Å². The molecule has 0 aromatic carbocycles. The molecule has 0 spiro atoms. The first-order valence-electron chi connectivity index (χ1n) is 5.77. The quantitative estimate of drug-likeness (QED) is 0.491. The van der Waals surface area contributed by atoms with Crippen LogP contribution in [0.3, 0.4) is 0 Å². The van der Waals surface area contributed by atoms with Gasteiger partial charge in [-0.15, -0.1) is 0 Å². The number of thiol groups is 1. The molecule has 1 heterocycles. The van der Waals surface area contributed by atoms with E-state index >= 15 is 0 Å². The highest BCUT2D eigenvalue weighted by atomic mass is 32.2. The van der Waals surface area contributed by atoms with Gasteiger partial charge in [0.05, 0.1) is 13.6 Å². The zero-order valence-corrected chi connectivity index (χ0v) is 12.9. The lowest BCUT2D eigenvalue weighted by molar-refractivity contribution is -0.696. The van der Waals surface area contributed by atoms with Crippen molar-refractivity contribution in [2.45, 2.75) is 39.7 Å². The van der Waals surface area contributed by atoms with E-state index in [1.165, 1.54) is 12.8 Å². The Morgan fingerprint density at radius 3 is 1.73 bits per heavy atom. The second-order valence-corrected chi connectivity index (χ2v) is 4.02. The van der Waals surface area contributed by atoms with Crippen LogP contribution < -0.4 is 9.71 Å². The molecule has 0 fully saturated rings. The number of nitrogens with zero attached hydrogens (tertiary/aromatic N) is 2. The summed E-state index contributed by atoms with van der Waals surface area (Å²) in [6, 6.07) is 0. The highest BCUT2D eigenvalue weighted by molar-refractivity contribution is 7.69. The number of aromatic nitrogens is 2. The predicted molar refractivity (Wildman–Crippen MR) is 69.2 cm³/mol. The summed E-state index contributed by atoms with van der Waals surface area (Å²) in [5.74, 6) is 0. The Morgan fingerprint density at radius 1 is 1.14 bits per heavy atom. The third-order valence-electron chi connectivity index (χ3n) is 1.59. The van der Waals surface area contributed by atoms with Gasteiger partial charge < -0.3 is 0 Å².